The zero-order chi connectivity index (χ0) is 45.7. The van der Waals surface area contributed by atoms with Crippen LogP contribution in [0.15, 0.2) is 36.7 Å². The number of pyridine rings is 2. The highest BCUT2D eigenvalue weighted by Gasteiger charge is 2.46. The minimum absolute atomic E-state index is 0.00378. The normalized spacial score (nSPS) is 22.5. The van der Waals surface area contributed by atoms with E-state index >= 15 is 4.39 Å². The average molecular weight is 911 g/mol. The lowest BCUT2D eigenvalue weighted by molar-refractivity contribution is -0.288. The van der Waals surface area contributed by atoms with Gasteiger partial charge in [-0.2, -0.15) is 0 Å². The number of hydrogen-bond acceptors (Lipinski definition) is 16. The highest BCUT2D eigenvalue weighted by Crippen LogP contribution is 2.36. The van der Waals surface area contributed by atoms with E-state index in [9.17, 15) is 38.8 Å². The monoisotopic (exact) mass is 910 g/mol. The van der Waals surface area contributed by atoms with Crippen LogP contribution in [0.1, 0.15) is 67.7 Å². The predicted molar refractivity (Wildman–Crippen MR) is 220 cm³/mol. The molecule has 1 aliphatic heterocycles. The molecule has 19 nitrogen and oxygen atoms in total. The number of fused-ring (bicyclic) bond motifs is 1. The summed E-state index contributed by atoms with van der Waals surface area (Å²) >= 11 is 0. The molecular weight excluding hydrogens is 850 g/mol. The molecule has 0 spiro atoms. The fourth-order valence-corrected chi connectivity index (χ4v) is 7.21. The summed E-state index contributed by atoms with van der Waals surface area (Å²) in [6.07, 6.45) is -0.980. The molecule has 356 valence electrons. The number of amides is 2. The van der Waals surface area contributed by atoms with Gasteiger partial charge in [-0.05, 0) is 69.2 Å². The fourth-order valence-electron chi connectivity index (χ4n) is 7.21. The van der Waals surface area contributed by atoms with Crippen molar-refractivity contribution in [3.8, 4) is 0 Å². The number of aryl methyl sites for hydroxylation is 1. The summed E-state index contributed by atoms with van der Waals surface area (Å²) in [6, 6.07) is 5.91. The lowest BCUT2D eigenvalue weighted by atomic mass is 9.88. The number of aliphatic hydroxyl groups excluding tert-OH is 4. The second kappa shape index (κ2) is 26.7. The van der Waals surface area contributed by atoms with Gasteiger partial charge >= 0.3 is 0 Å². The van der Waals surface area contributed by atoms with Gasteiger partial charge in [-0.1, -0.05) is 11.6 Å². The molecule has 3 aromatic heterocycles. The van der Waals surface area contributed by atoms with Gasteiger partial charge in [0.05, 0.1) is 62.5 Å². The Bertz CT molecular complexity index is 1790. The number of halogens is 3. The van der Waals surface area contributed by atoms with Crippen LogP contribution < -0.4 is 10.6 Å². The first-order valence-corrected chi connectivity index (χ1v) is 21.7. The Morgan fingerprint density at radius 2 is 1.42 bits per heavy atom. The van der Waals surface area contributed by atoms with Crippen LogP contribution >= 0.6 is 0 Å². The SMILES string of the molecule is O=C(COCC1O[C@@H](O)C(O)[C@@H](O)[C@@H]1O)NCCCOCCOCCOCCCNC(=O)C1(F)CCCCCc2c1nnn2CCCN(Cc1ccc(F)cn1)Cc1ccc(F)cn1. The Labute approximate surface area is 369 Å². The molecule has 0 aromatic carbocycles. The van der Waals surface area contributed by atoms with Gasteiger partial charge in [0.1, 0.15) is 48.4 Å². The maximum absolute atomic E-state index is 16.7. The molecule has 6 N–H and O–H groups in total. The quantitative estimate of drug-likeness (QED) is 0.0574. The topological polar surface area (TPSA) is 245 Å². The van der Waals surface area contributed by atoms with Gasteiger partial charge in [0.2, 0.25) is 11.6 Å². The first kappa shape index (κ1) is 50.8. The van der Waals surface area contributed by atoms with E-state index in [4.69, 9.17) is 23.7 Å². The molecule has 64 heavy (non-hydrogen) atoms. The van der Waals surface area contributed by atoms with Gasteiger partial charge in [0.25, 0.3) is 5.91 Å². The van der Waals surface area contributed by atoms with Gasteiger partial charge in [-0.15, -0.1) is 5.10 Å². The zero-order valence-electron chi connectivity index (χ0n) is 35.9. The summed E-state index contributed by atoms with van der Waals surface area (Å²) in [7, 11) is 0. The third-order valence-electron chi connectivity index (χ3n) is 10.7. The fraction of sp³-hybridized carbons (Fsp3) is 0.667. The lowest BCUT2D eigenvalue weighted by Gasteiger charge is -2.38. The van der Waals surface area contributed by atoms with Crippen molar-refractivity contribution in [3.63, 3.8) is 0 Å². The van der Waals surface area contributed by atoms with Crippen LogP contribution in [0, 0.1) is 11.6 Å². The molecule has 1 aliphatic carbocycles. The van der Waals surface area contributed by atoms with Crippen molar-refractivity contribution in [1.29, 1.82) is 0 Å². The van der Waals surface area contributed by atoms with Crippen LogP contribution in [0.5, 0.6) is 0 Å². The number of nitrogens with one attached hydrogen (secondary N) is 2. The van der Waals surface area contributed by atoms with Crippen molar-refractivity contribution in [2.24, 2.45) is 0 Å². The van der Waals surface area contributed by atoms with Gasteiger partial charge in [0, 0.05) is 52.5 Å². The molecule has 2 aliphatic rings. The average Bonchev–Trinajstić information content (AvgIpc) is 3.68. The third kappa shape index (κ3) is 16.0. The van der Waals surface area contributed by atoms with Gasteiger partial charge < -0.3 is 54.7 Å². The molecule has 0 bridgehead atoms. The number of aromatic nitrogens is 5. The number of carbonyl (C=O) groups is 2. The molecule has 3 aromatic rings. The van der Waals surface area contributed by atoms with E-state index in [-0.39, 0.29) is 31.9 Å². The maximum Gasteiger partial charge on any atom is 0.264 e. The van der Waals surface area contributed by atoms with Crippen LogP contribution in [0.25, 0.3) is 0 Å². The molecule has 5 rings (SSSR count). The molecule has 1 saturated heterocycles. The number of ether oxygens (including phenoxy) is 5. The number of nitrogens with zero attached hydrogens (tertiary/aromatic N) is 6. The summed E-state index contributed by atoms with van der Waals surface area (Å²) in [5, 5.41) is 52.6. The molecule has 1 fully saturated rings. The number of rotatable bonds is 27. The Hall–Kier alpha value is -4.23. The summed E-state index contributed by atoms with van der Waals surface area (Å²) in [5.41, 5.74) is -0.359. The first-order valence-electron chi connectivity index (χ1n) is 21.7. The van der Waals surface area contributed by atoms with Gasteiger partial charge in [-0.3, -0.25) is 24.5 Å². The maximum atomic E-state index is 16.7. The van der Waals surface area contributed by atoms with Crippen LogP contribution in [-0.4, -0.2) is 165 Å². The number of aliphatic hydroxyl groups is 4. The Kier molecular flexibility index (Phi) is 21.1. The largest absolute Gasteiger partial charge is 0.387 e. The molecule has 0 radical (unpaired) electrons. The summed E-state index contributed by atoms with van der Waals surface area (Å²) in [6.45, 7) is 3.73. The van der Waals surface area contributed by atoms with E-state index in [1.165, 1.54) is 12.1 Å². The zero-order valence-corrected chi connectivity index (χ0v) is 35.9. The van der Waals surface area contributed by atoms with Crippen molar-refractivity contribution in [1.82, 2.24) is 40.5 Å². The second-order valence-corrected chi connectivity index (χ2v) is 15.7. The van der Waals surface area contributed by atoms with Crippen LogP contribution in [0.4, 0.5) is 13.2 Å². The molecular formula is C42H61F3N8O11. The molecule has 6 atom stereocenters. The summed E-state index contributed by atoms with van der Waals surface area (Å²) in [5.74, 6) is -2.03. The number of alkyl halides is 1. The standard InChI is InChI=1S/C42H61F3N8O11/c43-29-8-10-31(48-23-29)25-52(26-32-11-9-30(44)24-49-32)15-6-16-53-33-7-2-1-3-12-42(45,39(33)50-51-53)41(59)47-14-5-18-61-20-22-62-21-19-60-17-4-13-46-35(54)28-63-27-34-36(55)37(56)38(57)40(58)64-34/h8-11,23-24,34,36-38,40,55-58H,1-7,12-22,25-28H2,(H,46,54)(H,47,59)/t34?,36-,37+,38?,40-,42?/m1/s1. The van der Waals surface area contributed by atoms with Crippen molar-refractivity contribution < 1.29 is 66.9 Å². The Morgan fingerprint density at radius 3 is 2.05 bits per heavy atom. The molecule has 0 saturated carbocycles. The van der Waals surface area contributed by atoms with E-state index in [1.807, 2.05) is 0 Å². The number of carbonyl (C=O) groups excluding carboxylic acids is 2. The second-order valence-electron chi connectivity index (χ2n) is 15.7. The van der Waals surface area contributed by atoms with E-state index < -0.39 is 59.8 Å². The molecule has 3 unspecified atom stereocenters. The lowest BCUT2D eigenvalue weighted by Crippen LogP contribution is -2.58. The van der Waals surface area contributed by atoms with E-state index in [0.717, 1.165) is 25.2 Å². The van der Waals surface area contributed by atoms with E-state index in [0.29, 0.717) is 122 Å². The summed E-state index contributed by atoms with van der Waals surface area (Å²) in [4.78, 5) is 35.7. The molecule has 22 heteroatoms. The smallest absolute Gasteiger partial charge is 0.264 e. The first-order chi connectivity index (χ1) is 30.9. The Balaban J connectivity index is 0.917. The van der Waals surface area contributed by atoms with E-state index in [2.05, 4.69) is 35.8 Å². The predicted octanol–water partition coefficient (Wildman–Crippen LogP) is 0.599. The summed E-state index contributed by atoms with van der Waals surface area (Å²) < 4.78 is 72.2. The minimum atomic E-state index is -2.33. The van der Waals surface area contributed by atoms with Gasteiger partial charge in [0.15, 0.2) is 6.29 Å². The highest BCUT2D eigenvalue weighted by molar-refractivity contribution is 5.86. The number of hydrogen-bond donors (Lipinski definition) is 6. The van der Waals surface area contributed by atoms with Crippen molar-refractivity contribution >= 4 is 11.8 Å². The van der Waals surface area contributed by atoms with Crippen molar-refractivity contribution in [2.45, 2.75) is 107 Å². The van der Waals surface area contributed by atoms with E-state index in [1.54, 1.807) is 16.8 Å². The highest BCUT2D eigenvalue weighted by atomic mass is 19.1. The minimum Gasteiger partial charge on any atom is -0.387 e. The van der Waals surface area contributed by atoms with Crippen LogP contribution in [0.3, 0.4) is 0 Å². The van der Waals surface area contributed by atoms with Crippen molar-refractivity contribution in [2.75, 3.05) is 72.5 Å². The molecule has 2 amide bonds. The van der Waals surface area contributed by atoms with Crippen LogP contribution in [0.2, 0.25) is 0 Å². The third-order valence-corrected chi connectivity index (χ3v) is 10.7. The molecule has 4 heterocycles. The van der Waals surface area contributed by atoms with Gasteiger partial charge in [-0.25, -0.2) is 17.9 Å². The van der Waals surface area contributed by atoms with Crippen LogP contribution in [-0.2, 0) is 65.0 Å². The Morgan fingerprint density at radius 1 is 0.797 bits per heavy atom. The van der Waals surface area contributed by atoms with Crippen molar-refractivity contribution in [3.05, 3.63) is 71.1 Å².